The van der Waals surface area contributed by atoms with Crippen LogP contribution in [0.5, 0.6) is 0 Å². The molecular weight excluding hydrogens is 268 g/mol. The second-order valence-electron chi connectivity index (χ2n) is 3.37. The molecule has 3 nitrogen and oxygen atoms in total. The van der Waals surface area contributed by atoms with E-state index in [0.29, 0.717) is 0 Å². The van der Waals surface area contributed by atoms with Crippen molar-refractivity contribution in [3.05, 3.63) is 53.2 Å². The molecule has 0 radical (unpaired) electrons. The van der Waals surface area contributed by atoms with Gasteiger partial charge in [-0.25, -0.2) is 4.98 Å². The third-order valence-corrected chi connectivity index (χ3v) is 3.42. The molecule has 0 fully saturated rings. The maximum atomic E-state index is 5.85. The van der Waals surface area contributed by atoms with Gasteiger partial charge in [0.15, 0.2) is 0 Å². The molecule has 0 aliphatic heterocycles. The number of rotatable bonds is 4. The summed E-state index contributed by atoms with van der Waals surface area (Å²) in [6.07, 6.45) is 3.40. The Hall–Kier alpha value is -1.52. The average molecular weight is 279 g/mol. The Morgan fingerprint density at radius 3 is 2.78 bits per heavy atom. The molecule has 0 N–H and O–H groups in total. The van der Waals surface area contributed by atoms with Crippen LogP contribution in [0.25, 0.3) is 0 Å². The number of hydrogen-bond donors (Lipinski definition) is 0. The Kier molecular flexibility index (Phi) is 4.61. The predicted octanol–water partition coefficient (Wildman–Crippen LogP) is 3.87. The molecule has 0 aliphatic rings. The molecule has 1 heterocycles. The summed E-state index contributed by atoms with van der Waals surface area (Å²) >= 11 is 7.41. The molecule has 0 bridgehead atoms. The van der Waals surface area contributed by atoms with Gasteiger partial charge in [-0.15, -0.1) is 0 Å². The largest absolute Gasteiger partial charge is 0.399 e. The van der Waals surface area contributed by atoms with Crippen molar-refractivity contribution in [1.29, 1.82) is 0 Å². The number of nitrogens with zero attached hydrogens (tertiary/aromatic N) is 2. The zero-order valence-electron chi connectivity index (χ0n) is 9.71. The summed E-state index contributed by atoms with van der Waals surface area (Å²) in [6.45, 7) is 0. The number of halogens is 1. The Labute approximate surface area is 115 Å². The number of hydrogen-bond acceptors (Lipinski definition) is 4. The number of oxime groups is 1. The molecule has 0 saturated heterocycles. The lowest BCUT2D eigenvalue weighted by atomic mass is 10.3. The predicted molar refractivity (Wildman–Crippen MR) is 74.4 cm³/mol. The average Bonchev–Trinajstić information content (AvgIpc) is 2.40. The van der Waals surface area contributed by atoms with Gasteiger partial charge in [0, 0.05) is 21.7 Å². The zero-order chi connectivity index (χ0) is 12.8. The Bertz CT molecular complexity index is 543. The summed E-state index contributed by atoms with van der Waals surface area (Å²) in [5.41, 5.74) is 0.916. The van der Waals surface area contributed by atoms with Crippen molar-refractivity contribution in [3.63, 3.8) is 0 Å². The smallest absolute Gasteiger partial charge is 0.110 e. The lowest BCUT2D eigenvalue weighted by Crippen LogP contribution is -1.89. The summed E-state index contributed by atoms with van der Waals surface area (Å²) in [6, 6.07) is 11.4. The zero-order valence-corrected chi connectivity index (χ0v) is 11.3. The fourth-order valence-corrected chi connectivity index (χ4v) is 2.28. The highest BCUT2D eigenvalue weighted by Crippen LogP contribution is 2.28. The van der Waals surface area contributed by atoms with Gasteiger partial charge in [0.2, 0.25) is 0 Å². The van der Waals surface area contributed by atoms with E-state index in [-0.39, 0.29) is 0 Å². The molecule has 5 heteroatoms. The highest BCUT2D eigenvalue weighted by molar-refractivity contribution is 7.99. The maximum absolute atomic E-state index is 5.85. The van der Waals surface area contributed by atoms with E-state index in [0.717, 1.165) is 20.5 Å². The molecule has 18 heavy (non-hydrogen) atoms. The van der Waals surface area contributed by atoms with Crippen molar-refractivity contribution in [2.45, 2.75) is 9.92 Å². The van der Waals surface area contributed by atoms with E-state index < -0.39 is 0 Å². The summed E-state index contributed by atoms with van der Waals surface area (Å²) in [7, 11) is 1.51. The third kappa shape index (κ3) is 3.48. The Morgan fingerprint density at radius 2 is 2.06 bits per heavy atom. The first kappa shape index (κ1) is 12.9. The van der Waals surface area contributed by atoms with E-state index in [1.165, 1.54) is 7.11 Å². The lowest BCUT2D eigenvalue weighted by molar-refractivity contribution is 0.215. The molecule has 2 rings (SSSR count). The van der Waals surface area contributed by atoms with Crippen LogP contribution in [0.15, 0.2) is 57.7 Å². The molecule has 0 saturated carbocycles. The van der Waals surface area contributed by atoms with Crippen LogP contribution in [0.1, 0.15) is 5.56 Å². The van der Waals surface area contributed by atoms with E-state index in [9.17, 15) is 0 Å². The highest BCUT2D eigenvalue weighted by atomic mass is 35.5. The van der Waals surface area contributed by atoms with Gasteiger partial charge >= 0.3 is 0 Å². The lowest BCUT2D eigenvalue weighted by Gasteiger charge is -2.04. The van der Waals surface area contributed by atoms with Crippen LogP contribution in [0.2, 0.25) is 5.02 Å². The van der Waals surface area contributed by atoms with Crippen LogP contribution < -0.4 is 0 Å². The molecule has 0 spiro atoms. The van der Waals surface area contributed by atoms with Crippen molar-refractivity contribution in [1.82, 2.24) is 4.98 Å². The molecule has 0 atom stereocenters. The Morgan fingerprint density at radius 1 is 1.28 bits per heavy atom. The molecular formula is C13H11ClN2OS. The van der Waals surface area contributed by atoms with Gasteiger partial charge in [-0.1, -0.05) is 28.5 Å². The van der Waals surface area contributed by atoms with Crippen LogP contribution in [0.4, 0.5) is 0 Å². The molecule has 92 valence electrons. The minimum Gasteiger partial charge on any atom is -0.399 e. The van der Waals surface area contributed by atoms with E-state index in [1.54, 1.807) is 24.2 Å². The molecule has 0 unspecified atom stereocenters. The fraction of sp³-hybridized carbons (Fsp3) is 0.0769. The van der Waals surface area contributed by atoms with Crippen LogP contribution in [0.3, 0.4) is 0 Å². The van der Waals surface area contributed by atoms with Crippen LogP contribution in [-0.2, 0) is 4.84 Å². The van der Waals surface area contributed by atoms with Crippen molar-refractivity contribution in [3.8, 4) is 0 Å². The van der Waals surface area contributed by atoms with Gasteiger partial charge in [-0.3, -0.25) is 0 Å². The first-order chi connectivity index (χ1) is 8.79. The Balaban J connectivity index is 2.23. The summed E-state index contributed by atoms with van der Waals surface area (Å²) in [4.78, 5) is 10.1. The second-order valence-corrected chi connectivity index (χ2v) is 4.87. The van der Waals surface area contributed by atoms with Crippen LogP contribution in [0, 0.1) is 0 Å². The quantitative estimate of drug-likeness (QED) is 0.629. The van der Waals surface area contributed by atoms with Crippen LogP contribution >= 0.6 is 23.4 Å². The number of aromatic nitrogens is 1. The minimum atomic E-state index is 0.724. The van der Waals surface area contributed by atoms with Crippen LogP contribution in [-0.4, -0.2) is 18.3 Å². The van der Waals surface area contributed by atoms with Gasteiger partial charge in [0.25, 0.3) is 0 Å². The molecule has 2 aromatic rings. The SMILES string of the molecule is CO/N=C/c1cccnc1Sc1ccc(Cl)cc1. The highest BCUT2D eigenvalue weighted by Gasteiger charge is 2.04. The summed E-state index contributed by atoms with van der Waals surface area (Å²) in [5, 5.41) is 5.36. The van der Waals surface area contributed by atoms with Gasteiger partial charge < -0.3 is 4.84 Å². The molecule has 0 amide bonds. The first-order valence-electron chi connectivity index (χ1n) is 5.24. The second kappa shape index (κ2) is 6.42. The fourth-order valence-electron chi connectivity index (χ4n) is 1.31. The van der Waals surface area contributed by atoms with Crippen molar-refractivity contribution in [2.24, 2.45) is 5.16 Å². The van der Waals surface area contributed by atoms with E-state index >= 15 is 0 Å². The van der Waals surface area contributed by atoms with Gasteiger partial charge in [-0.2, -0.15) is 0 Å². The van der Waals surface area contributed by atoms with Crippen molar-refractivity contribution >= 4 is 29.6 Å². The van der Waals surface area contributed by atoms with E-state index in [4.69, 9.17) is 11.6 Å². The third-order valence-electron chi connectivity index (χ3n) is 2.13. The first-order valence-corrected chi connectivity index (χ1v) is 6.44. The van der Waals surface area contributed by atoms with Crippen molar-refractivity contribution < 1.29 is 4.84 Å². The van der Waals surface area contributed by atoms with Gasteiger partial charge in [-0.05, 0) is 36.4 Å². The van der Waals surface area contributed by atoms with E-state index in [2.05, 4.69) is 15.0 Å². The maximum Gasteiger partial charge on any atom is 0.110 e. The number of benzene rings is 1. The summed E-state index contributed by atoms with van der Waals surface area (Å²) < 4.78 is 0. The molecule has 0 aliphatic carbocycles. The number of pyridine rings is 1. The normalized spacial score (nSPS) is 10.8. The topological polar surface area (TPSA) is 34.5 Å². The van der Waals surface area contributed by atoms with Gasteiger partial charge in [0.1, 0.15) is 12.1 Å². The molecule has 1 aromatic carbocycles. The van der Waals surface area contributed by atoms with Gasteiger partial charge in [0.05, 0.1) is 6.21 Å². The van der Waals surface area contributed by atoms with Crippen molar-refractivity contribution in [2.75, 3.05) is 7.11 Å². The molecule has 1 aromatic heterocycles. The minimum absolute atomic E-state index is 0.724. The monoisotopic (exact) mass is 278 g/mol. The van der Waals surface area contributed by atoms with E-state index in [1.807, 2.05) is 36.4 Å². The standard InChI is InChI=1S/C13H11ClN2OS/c1-17-16-9-10-3-2-8-15-13(10)18-12-6-4-11(14)5-7-12/h2-9H,1H3/b16-9+. The summed E-state index contributed by atoms with van der Waals surface area (Å²) in [5.74, 6) is 0.